The van der Waals surface area contributed by atoms with Crippen LogP contribution in [0.5, 0.6) is 0 Å². The first kappa shape index (κ1) is 16.3. The fourth-order valence-corrected chi connectivity index (χ4v) is 2.33. The summed E-state index contributed by atoms with van der Waals surface area (Å²) in [7, 11) is 0. The van der Waals surface area contributed by atoms with Gasteiger partial charge in [-0.1, -0.05) is 0 Å². The molecule has 1 aromatic heterocycles. The molecule has 1 aromatic carbocycles. The summed E-state index contributed by atoms with van der Waals surface area (Å²) in [4.78, 5) is 12.1. The monoisotopic (exact) mass is 326 g/mol. The zero-order valence-corrected chi connectivity index (χ0v) is 12.7. The lowest BCUT2D eigenvalue weighted by Gasteiger charge is -2.11. The van der Waals surface area contributed by atoms with Gasteiger partial charge < -0.3 is 10.6 Å². The van der Waals surface area contributed by atoms with Gasteiger partial charge in [0.25, 0.3) is 0 Å². The summed E-state index contributed by atoms with van der Waals surface area (Å²) < 4.78 is 15.2. The topological polar surface area (TPSA) is 84.7 Å². The normalized spacial score (nSPS) is 17.1. The molecule has 7 nitrogen and oxygen atoms in total. The quantitative estimate of drug-likeness (QED) is 0.881. The molecule has 1 fully saturated rings. The summed E-state index contributed by atoms with van der Waals surface area (Å²) in [6, 6.07) is 4.34. The molecule has 22 heavy (non-hydrogen) atoms. The van der Waals surface area contributed by atoms with E-state index in [1.807, 2.05) is 0 Å². The van der Waals surface area contributed by atoms with Gasteiger partial charge in [-0.05, 0) is 48.5 Å². The van der Waals surface area contributed by atoms with E-state index >= 15 is 0 Å². The molecule has 118 valence electrons. The average molecular weight is 327 g/mol. The van der Waals surface area contributed by atoms with E-state index < -0.39 is 5.82 Å². The maximum absolute atomic E-state index is 13.9. The molecule has 1 unspecified atom stereocenters. The molecule has 1 aliphatic heterocycles. The number of hydrogen-bond acceptors (Lipinski definition) is 5. The molecule has 1 atom stereocenters. The van der Waals surface area contributed by atoms with Gasteiger partial charge in [-0.15, -0.1) is 17.5 Å². The standard InChI is InChI=1S/C13H15FN6O.ClH/c1-8-17-18-19-20(8)12-6-10(2-3-11(12)14)16-13(21)9-4-5-15-7-9;/h2-3,6,9,15H,4-5,7H2,1H3,(H,16,21);1H. The van der Waals surface area contributed by atoms with E-state index in [4.69, 9.17) is 0 Å². The minimum Gasteiger partial charge on any atom is -0.326 e. The molecule has 0 aliphatic carbocycles. The molecule has 1 amide bonds. The Kier molecular flexibility index (Phi) is 5.04. The van der Waals surface area contributed by atoms with Crippen LogP contribution in [0.2, 0.25) is 0 Å². The molecule has 1 aliphatic rings. The Morgan fingerprint density at radius 2 is 2.32 bits per heavy atom. The molecule has 9 heteroatoms. The number of nitrogens with one attached hydrogen (secondary N) is 2. The summed E-state index contributed by atoms with van der Waals surface area (Å²) in [6.07, 6.45) is 0.811. The highest BCUT2D eigenvalue weighted by molar-refractivity contribution is 5.93. The van der Waals surface area contributed by atoms with Gasteiger partial charge in [-0.2, -0.15) is 4.68 Å². The van der Waals surface area contributed by atoms with Crippen LogP contribution in [0.15, 0.2) is 18.2 Å². The van der Waals surface area contributed by atoms with Gasteiger partial charge in [0.2, 0.25) is 5.91 Å². The van der Waals surface area contributed by atoms with Crippen molar-refractivity contribution in [3.05, 3.63) is 29.8 Å². The summed E-state index contributed by atoms with van der Waals surface area (Å²) >= 11 is 0. The third-order valence-corrected chi connectivity index (χ3v) is 3.50. The van der Waals surface area contributed by atoms with E-state index in [9.17, 15) is 9.18 Å². The summed E-state index contributed by atoms with van der Waals surface area (Å²) in [6.45, 7) is 3.19. The van der Waals surface area contributed by atoms with Crippen LogP contribution in [-0.2, 0) is 4.79 Å². The van der Waals surface area contributed by atoms with Crippen molar-refractivity contribution in [3.63, 3.8) is 0 Å². The Morgan fingerprint density at radius 1 is 1.50 bits per heavy atom. The number of aromatic nitrogens is 4. The zero-order chi connectivity index (χ0) is 14.8. The Labute approximate surface area is 132 Å². The van der Waals surface area contributed by atoms with E-state index in [1.54, 1.807) is 6.92 Å². The van der Waals surface area contributed by atoms with E-state index in [-0.39, 0.29) is 29.9 Å². The predicted molar refractivity (Wildman–Crippen MR) is 80.7 cm³/mol. The van der Waals surface area contributed by atoms with Crippen LogP contribution in [0.4, 0.5) is 10.1 Å². The minimum atomic E-state index is -0.453. The number of carbonyl (C=O) groups excluding carboxylic acids is 1. The molecular formula is C13H16ClFN6O. The van der Waals surface area contributed by atoms with Crippen molar-refractivity contribution >= 4 is 24.0 Å². The highest BCUT2D eigenvalue weighted by Gasteiger charge is 2.22. The van der Waals surface area contributed by atoms with Crippen LogP contribution in [0.1, 0.15) is 12.2 Å². The van der Waals surface area contributed by atoms with Gasteiger partial charge in [0.1, 0.15) is 11.5 Å². The summed E-state index contributed by atoms with van der Waals surface area (Å²) in [5.74, 6) is -0.0948. The van der Waals surface area contributed by atoms with Crippen molar-refractivity contribution in [2.24, 2.45) is 5.92 Å². The minimum absolute atomic E-state index is 0. The highest BCUT2D eigenvalue weighted by atomic mass is 35.5. The molecule has 1 saturated heterocycles. The van der Waals surface area contributed by atoms with E-state index in [2.05, 4.69) is 26.2 Å². The van der Waals surface area contributed by atoms with Crippen LogP contribution in [0, 0.1) is 18.7 Å². The smallest absolute Gasteiger partial charge is 0.228 e. The average Bonchev–Trinajstić information content (AvgIpc) is 3.12. The molecule has 0 spiro atoms. The van der Waals surface area contributed by atoms with Crippen molar-refractivity contribution in [1.29, 1.82) is 0 Å². The van der Waals surface area contributed by atoms with Gasteiger partial charge in [-0.3, -0.25) is 4.79 Å². The number of amides is 1. The van der Waals surface area contributed by atoms with Crippen LogP contribution in [0.3, 0.4) is 0 Å². The lowest BCUT2D eigenvalue weighted by atomic mass is 10.1. The molecule has 3 rings (SSSR count). The van der Waals surface area contributed by atoms with Crippen LogP contribution in [0.25, 0.3) is 5.69 Å². The second-order valence-corrected chi connectivity index (χ2v) is 4.98. The van der Waals surface area contributed by atoms with Crippen LogP contribution >= 0.6 is 12.4 Å². The summed E-state index contributed by atoms with van der Waals surface area (Å²) in [5.41, 5.74) is 0.734. The summed E-state index contributed by atoms with van der Waals surface area (Å²) in [5, 5.41) is 16.9. The fraction of sp³-hybridized carbons (Fsp3) is 0.385. The maximum atomic E-state index is 13.9. The largest absolute Gasteiger partial charge is 0.326 e. The maximum Gasteiger partial charge on any atom is 0.228 e. The SMILES string of the molecule is Cc1nnnn1-c1cc(NC(=O)C2CCNC2)ccc1F.Cl. The van der Waals surface area contributed by atoms with Gasteiger partial charge >= 0.3 is 0 Å². The third kappa shape index (κ3) is 3.23. The first-order valence-electron chi connectivity index (χ1n) is 6.71. The first-order chi connectivity index (χ1) is 10.1. The van der Waals surface area contributed by atoms with Crippen molar-refractivity contribution < 1.29 is 9.18 Å². The van der Waals surface area contributed by atoms with Crippen LogP contribution < -0.4 is 10.6 Å². The van der Waals surface area contributed by atoms with Crippen molar-refractivity contribution in [3.8, 4) is 5.69 Å². The number of carbonyl (C=O) groups is 1. The number of tetrazole rings is 1. The molecule has 2 N–H and O–H groups in total. The van der Waals surface area contributed by atoms with Crippen LogP contribution in [-0.4, -0.2) is 39.2 Å². The fourth-order valence-electron chi connectivity index (χ4n) is 2.33. The van der Waals surface area contributed by atoms with E-state index in [0.717, 1.165) is 13.0 Å². The molecular weight excluding hydrogens is 311 g/mol. The molecule has 2 heterocycles. The van der Waals surface area contributed by atoms with Gasteiger partial charge in [0, 0.05) is 12.2 Å². The molecule has 0 saturated carbocycles. The number of nitrogens with zero attached hydrogens (tertiary/aromatic N) is 4. The Bertz CT molecular complexity index is 670. The number of halogens is 2. The lowest BCUT2D eigenvalue weighted by Crippen LogP contribution is -2.24. The number of hydrogen-bond donors (Lipinski definition) is 2. The van der Waals surface area contributed by atoms with Crippen molar-refractivity contribution in [2.45, 2.75) is 13.3 Å². The van der Waals surface area contributed by atoms with E-state index in [1.165, 1.54) is 22.9 Å². The number of rotatable bonds is 3. The predicted octanol–water partition coefficient (Wildman–Crippen LogP) is 1.08. The molecule has 0 radical (unpaired) electrons. The Morgan fingerprint density at radius 3 is 2.95 bits per heavy atom. The van der Waals surface area contributed by atoms with Gasteiger partial charge in [-0.25, -0.2) is 4.39 Å². The highest BCUT2D eigenvalue weighted by Crippen LogP contribution is 2.20. The Balaban J connectivity index is 0.00000176. The second-order valence-electron chi connectivity index (χ2n) is 4.98. The third-order valence-electron chi connectivity index (χ3n) is 3.50. The van der Waals surface area contributed by atoms with Gasteiger partial charge in [0.15, 0.2) is 5.82 Å². The number of benzene rings is 1. The van der Waals surface area contributed by atoms with Crippen molar-refractivity contribution in [1.82, 2.24) is 25.5 Å². The lowest BCUT2D eigenvalue weighted by molar-refractivity contribution is -0.119. The number of aryl methyl sites for hydroxylation is 1. The van der Waals surface area contributed by atoms with E-state index in [0.29, 0.717) is 18.1 Å². The molecule has 2 aromatic rings. The second kappa shape index (κ2) is 6.80. The molecule has 0 bridgehead atoms. The first-order valence-corrected chi connectivity index (χ1v) is 6.71. The number of anilines is 1. The zero-order valence-electron chi connectivity index (χ0n) is 11.9. The van der Waals surface area contributed by atoms with Gasteiger partial charge in [0.05, 0.1) is 5.92 Å². The van der Waals surface area contributed by atoms with Crippen molar-refractivity contribution in [2.75, 3.05) is 18.4 Å². The Hall–Kier alpha value is -2.06.